The molecule has 2 rings (SSSR count). The Kier molecular flexibility index (Phi) is 4.33. The van der Waals surface area contributed by atoms with Gasteiger partial charge in [-0.25, -0.2) is 0 Å². The summed E-state index contributed by atoms with van der Waals surface area (Å²) in [4.78, 5) is 0. The van der Waals surface area contributed by atoms with E-state index in [9.17, 15) is 0 Å². The third kappa shape index (κ3) is 3.70. The summed E-state index contributed by atoms with van der Waals surface area (Å²) in [6.45, 7) is 8.31. The first-order valence-corrected chi connectivity index (χ1v) is 6.32. The van der Waals surface area contributed by atoms with Crippen molar-refractivity contribution in [3.63, 3.8) is 0 Å². The van der Waals surface area contributed by atoms with Gasteiger partial charge in [0.05, 0.1) is 32.3 Å². The van der Waals surface area contributed by atoms with Crippen LogP contribution in [0.25, 0.3) is 0 Å². The zero-order valence-corrected chi connectivity index (χ0v) is 11.5. The van der Waals surface area contributed by atoms with E-state index >= 15 is 0 Å². The molecule has 1 heterocycles. The molecule has 0 amide bonds. The molecule has 4 heteroatoms. The average molecular weight is 240 g/mol. The second-order valence-electron chi connectivity index (χ2n) is 6.62. The number of hydrogen-bond donors (Lipinski definition) is 2. The summed E-state index contributed by atoms with van der Waals surface area (Å²) < 4.78 is 5.13. The van der Waals surface area contributed by atoms with Crippen LogP contribution in [0.4, 0.5) is 0 Å². The normalized spacial score (nSPS) is 23.4. The van der Waals surface area contributed by atoms with Crippen molar-refractivity contribution in [3.05, 3.63) is 0 Å². The van der Waals surface area contributed by atoms with E-state index in [2.05, 4.69) is 0 Å². The van der Waals surface area contributed by atoms with Crippen molar-refractivity contribution in [2.24, 2.45) is 11.3 Å². The van der Waals surface area contributed by atoms with E-state index in [0.717, 1.165) is 25.5 Å². The predicted octanol–water partition coefficient (Wildman–Crippen LogP) is 1.53. The zero-order valence-electron chi connectivity index (χ0n) is 11.5. The summed E-state index contributed by atoms with van der Waals surface area (Å²) in [5.41, 5.74) is -1.40. The molecule has 98 valence electrons. The molecular weight excluding hydrogens is 215 g/mol. The lowest BCUT2D eigenvalue weighted by Gasteiger charge is -2.53. The van der Waals surface area contributed by atoms with Gasteiger partial charge in [-0.15, -0.1) is 0 Å². The Labute approximate surface area is 106 Å². The molecule has 1 spiro atoms. The van der Waals surface area contributed by atoms with Crippen molar-refractivity contribution in [2.75, 3.05) is 13.2 Å². The van der Waals surface area contributed by atoms with Crippen LogP contribution in [0.3, 0.4) is 0 Å². The predicted molar refractivity (Wildman–Crippen MR) is 69.1 cm³/mol. The lowest BCUT2D eigenvalue weighted by atomic mass is 9.58. The van der Waals surface area contributed by atoms with E-state index in [-0.39, 0.29) is 0 Å². The first-order chi connectivity index (χ1) is 7.60. The maximum Gasteiger partial charge on any atom is 0.0872 e. The van der Waals surface area contributed by atoms with Crippen LogP contribution in [0.1, 0.15) is 40.5 Å². The van der Waals surface area contributed by atoms with E-state index in [1.165, 1.54) is 12.8 Å². The second kappa shape index (κ2) is 4.91. The van der Waals surface area contributed by atoms with E-state index in [0.29, 0.717) is 5.41 Å². The second-order valence-corrected chi connectivity index (χ2v) is 6.62. The van der Waals surface area contributed by atoms with Gasteiger partial charge in [-0.3, -0.25) is 0 Å². The van der Waals surface area contributed by atoms with Gasteiger partial charge in [-0.2, -0.15) is 0 Å². The summed E-state index contributed by atoms with van der Waals surface area (Å²) >= 11 is 0. The molecule has 0 aromatic heterocycles. The summed E-state index contributed by atoms with van der Waals surface area (Å²) in [5.74, 6) is 0.814. The highest BCUT2D eigenvalue weighted by Gasteiger charge is 2.48. The number of hydrogen-bond acceptors (Lipinski definition) is 3. The quantitative estimate of drug-likeness (QED) is 0.719. The van der Waals surface area contributed by atoms with Crippen LogP contribution in [0.2, 0.25) is 6.32 Å². The van der Waals surface area contributed by atoms with Gasteiger partial charge in [0.2, 0.25) is 0 Å². The van der Waals surface area contributed by atoms with Gasteiger partial charge in [0, 0.05) is 5.41 Å². The SMILES string of the molecule is CC(C)(O)C(C)(C)O.[B]CC1CC2(COC2)C1. The molecule has 2 fully saturated rings. The highest BCUT2D eigenvalue weighted by Crippen LogP contribution is 2.51. The van der Waals surface area contributed by atoms with Crippen molar-refractivity contribution < 1.29 is 14.9 Å². The summed E-state index contributed by atoms with van der Waals surface area (Å²) in [5, 5.41) is 18.2. The Balaban J connectivity index is 0.000000172. The smallest absolute Gasteiger partial charge is 0.0872 e. The molecule has 1 saturated carbocycles. The van der Waals surface area contributed by atoms with Gasteiger partial charge in [0.25, 0.3) is 0 Å². The molecule has 1 saturated heterocycles. The summed E-state index contributed by atoms with van der Waals surface area (Å²) in [6.07, 6.45) is 3.52. The van der Waals surface area contributed by atoms with Crippen LogP contribution in [0.5, 0.6) is 0 Å². The fourth-order valence-electron chi connectivity index (χ4n) is 1.96. The number of rotatable bonds is 2. The Morgan fingerprint density at radius 3 is 1.71 bits per heavy atom. The molecule has 1 aliphatic carbocycles. The Morgan fingerprint density at radius 2 is 1.53 bits per heavy atom. The third-order valence-electron chi connectivity index (χ3n) is 4.09. The van der Waals surface area contributed by atoms with Crippen molar-refractivity contribution in [3.8, 4) is 0 Å². The molecule has 0 aromatic rings. The standard InChI is InChI=1S/C7H11BO.C6H14O2/c8-3-6-1-7(2-6)4-9-5-7;1-5(2,7)6(3,4)8/h6H,1-5H2;7-8H,1-4H3. The molecule has 1 aliphatic heterocycles. The monoisotopic (exact) mass is 240 g/mol. The molecule has 0 atom stereocenters. The molecule has 2 N–H and O–H groups in total. The van der Waals surface area contributed by atoms with Crippen LogP contribution < -0.4 is 0 Å². The highest BCUT2D eigenvalue weighted by molar-refractivity contribution is 6.08. The Bertz CT molecular complexity index is 228. The lowest BCUT2D eigenvalue weighted by Crippen LogP contribution is -2.51. The third-order valence-corrected chi connectivity index (χ3v) is 4.09. The molecule has 0 unspecified atom stereocenters. The molecular formula is C13H25BO3. The largest absolute Gasteiger partial charge is 0.387 e. The van der Waals surface area contributed by atoms with Crippen LogP contribution >= 0.6 is 0 Å². The summed E-state index contributed by atoms with van der Waals surface area (Å²) in [6, 6.07) is 0. The maximum absolute atomic E-state index is 9.10. The zero-order chi connectivity index (χ0) is 13.3. The Morgan fingerprint density at radius 1 is 1.12 bits per heavy atom. The van der Waals surface area contributed by atoms with Crippen molar-refractivity contribution >= 4 is 7.85 Å². The highest BCUT2D eigenvalue weighted by atomic mass is 16.5. The molecule has 2 radical (unpaired) electrons. The summed E-state index contributed by atoms with van der Waals surface area (Å²) in [7, 11) is 5.49. The Hall–Kier alpha value is -0.0551. The molecule has 0 bridgehead atoms. The fraction of sp³-hybridized carbons (Fsp3) is 1.00. The average Bonchev–Trinajstić information content (AvgIpc) is 1.96. The van der Waals surface area contributed by atoms with Crippen molar-refractivity contribution in [2.45, 2.75) is 58.1 Å². The van der Waals surface area contributed by atoms with Crippen LogP contribution in [0.15, 0.2) is 0 Å². The minimum absolute atomic E-state index is 0.615. The minimum atomic E-state index is -1.01. The van der Waals surface area contributed by atoms with Gasteiger partial charge in [-0.1, -0.05) is 6.32 Å². The maximum atomic E-state index is 9.10. The van der Waals surface area contributed by atoms with Gasteiger partial charge in [0.1, 0.15) is 0 Å². The molecule has 17 heavy (non-hydrogen) atoms. The first kappa shape index (κ1) is 15.0. The number of aliphatic hydroxyl groups is 2. The van der Waals surface area contributed by atoms with Gasteiger partial charge in [-0.05, 0) is 46.5 Å². The molecule has 3 nitrogen and oxygen atoms in total. The van der Waals surface area contributed by atoms with E-state index in [1.807, 2.05) is 0 Å². The molecule has 0 aromatic carbocycles. The van der Waals surface area contributed by atoms with Gasteiger partial charge >= 0.3 is 0 Å². The lowest BCUT2D eigenvalue weighted by molar-refractivity contribution is -0.175. The fourth-order valence-corrected chi connectivity index (χ4v) is 1.96. The molecule has 2 aliphatic rings. The van der Waals surface area contributed by atoms with Gasteiger partial charge in [0.15, 0.2) is 0 Å². The van der Waals surface area contributed by atoms with E-state index in [4.69, 9.17) is 22.8 Å². The first-order valence-electron chi connectivity index (χ1n) is 6.32. The van der Waals surface area contributed by atoms with Crippen LogP contribution in [-0.2, 0) is 4.74 Å². The van der Waals surface area contributed by atoms with E-state index < -0.39 is 11.2 Å². The van der Waals surface area contributed by atoms with Crippen LogP contribution in [0, 0.1) is 11.3 Å². The topological polar surface area (TPSA) is 49.7 Å². The minimum Gasteiger partial charge on any atom is -0.387 e. The van der Waals surface area contributed by atoms with Crippen molar-refractivity contribution in [1.29, 1.82) is 0 Å². The van der Waals surface area contributed by atoms with Crippen LogP contribution in [-0.4, -0.2) is 42.5 Å². The van der Waals surface area contributed by atoms with Crippen molar-refractivity contribution in [1.82, 2.24) is 0 Å². The number of ether oxygens (including phenoxy) is 1. The van der Waals surface area contributed by atoms with E-state index in [1.54, 1.807) is 27.7 Å². The van der Waals surface area contributed by atoms with Gasteiger partial charge < -0.3 is 14.9 Å².